The largest absolute Gasteiger partial charge is 0.481 e. The first kappa shape index (κ1) is 11.6. The van der Waals surface area contributed by atoms with Gasteiger partial charge in [0.25, 0.3) is 0 Å². The first-order valence-electron chi connectivity index (χ1n) is 4.85. The van der Waals surface area contributed by atoms with Crippen LogP contribution in [0.4, 0.5) is 4.39 Å². The molecule has 0 saturated carbocycles. The van der Waals surface area contributed by atoms with E-state index >= 15 is 0 Å². The van der Waals surface area contributed by atoms with Crippen molar-refractivity contribution in [1.82, 2.24) is 4.98 Å². The van der Waals surface area contributed by atoms with Gasteiger partial charge in [0.1, 0.15) is 5.82 Å². The van der Waals surface area contributed by atoms with E-state index in [2.05, 4.69) is 4.98 Å². The van der Waals surface area contributed by atoms with Crippen molar-refractivity contribution < 1.29 is 14.3 Å². The molecule has 1 aromatic heterocycles. The van der Waals surface area contributed by atoms with Crippen molar-refractivity contribution in [3.8, 4) is 0 Å². The van der Waals surface area contributed by atoms with Crippen LogP contribution in [0.3, 0.4) is 0 Å². The summed E-state index contributed by atoms with van der Waals surface area (Å²) in [5, 5.41) is 9.01. The average Bonchev–Trinajstić information content (AvgIpc) is 2.15. The lowest BCUT2D eigenvalue weighted by Crippen LogP contribution is -2.15. The molecule has 0 amide bonds. The average molecular weight is 211 g/mol. The first-order chi connectivity index (χ1) is 7.00. The van der Waals surface area contributed by atoms with Crippen molar-refractivity contribution >= 4 is 5.97 Å². The van der Waals surface area contributed by atoms with Crippen molar-refractivity contribution in [2.75, 3.05) is 0 Å². The third kappa shape index (κ3) is 3.31. The molecule has 3 nitrogen and oxygen atoms in total. The van der Waals surface area contributed by atoms with Crippen LogP contribution in [0.2, 0.25) is 0 Å². The van der Waals surface area contributed by atoms with Crippen molar-refractivity contribution in [3.63, 3.8) is 0 Å². The Hall–Kier alpha value is -1.45. The van der Waals surface area contributed by atoms with Gasteiger partial charge in [-0.3, -0.25) is 9.78 Å². The number of hydrogen-bond donors (Lipinski definition) is 1. The number of carboxylic acid groups (broad SMARTS) is 1. The van der Waals surface area contributed by atoms with Gasteiger partial charge in [-0.15, -0.1) is 0 Å². The van der Waals surface area contributed by atoms with Crippen molar-refractivity contribution in [3.05, 3.63) is 29.8 Å². The van der Waals surface area contributed by atoms with E-state index in [1.54, 1.807) is 0 Å². The van der Waals surface area contributed by atoms with Crippen LogP contribution >= 0.6 is 0 Å². The van der Waals surface area contributed by atoms with E-state index < -0.39 is 17.7 Å². The second-order valence-corrected chi connectivity index (χ2v) is 3.92. The molecule has 1 atom stereocenters. The highest BCUT2D eigenvalue weighted by Gasteiger charge is 2.22. The molecule has 1 aromatic rings. The molecule has 0 spiro atoms. The summed E-state index contributed by atoms with van der Waals surface area (Å²) in [5.74, 6) is -1.75. The lowest BCUT2D eigenvalue weighted by molar-refractivity contribution is -0.139. The maximum absolute atomic E-state index is 12.6. The Balaban J connectivity index is 2.89. The fraction of sp³-hybridized carbons (Fsp3) is 0.455. The normalized spacial score (nSPS) is 12.8. The third-order valence-electron chi connectivity index (χ3n) is 2.11. The van der Waals surface area contributed by atoms with Gasteiger partial charge in [-0.1, -0.05) is 13.8 Å². The molecule has 82 valence electrons. The van der Waals surface area contributed by atoms with Gasteiger partial charge in [0.2, 0.25) is 0 Å². The van der Waals surface area contributed by atoms with Crippen LogP contribution in [-0.4, -0.2) is 16.1 Å². The van der Waals surface area contributed by atoms with Crippen LogP contribution in [0.15, 0.2) is 18.3 Å². The van der Waals surface area contributed by atoms with Gasteiger partial charge in [-0.25, -0.2) is 4.39 Å². The van der Waals surface area contributed by atoms with Gasteiger partial charge in [0.05, 0.1) is 17.8 Å². The minimum Gasteiger partial charge on any atom is -0.481 e. The second-order valence-electron chi connectivity index (χ2n) is 3.92. The number of carboxylic acids is 1. The van der Waals surface area contributed by atoms with Crippen molar-refractivity contribution in [1.29, 1.82) is 0 Å². The molecule has 1 unspecified atom stereocenters. The molecule has 0 aromatic carbocycles. The summed E-state index contributed by atoms with van der Waals surface area (Å²) in [7, 11) is 0. The zero-order valence-electron chi connectivity index (χ0n) is 8.77. The smallest absolute Gasteiger partial charge is 0.312 e. The Morgan fingerprint density at radius 2 is 2.20 bits per heavy atom. The van der Waals surface area contributed by atoms with Crippen LogP contribution in [0.25, 0.3) is 0 Å². The number of rotatable bonds is 4. The Labute approximate surface area is 88.0 Å². The molecule has 15 heavy (non-hydrogen) atoms. The van der Waals surface area contributed by atoms with Gasteiger partial charge in [0.15, 0.2) is 0 Å². The number of aliphatic carboxylic acids is 1. The third-order valence-corrected chi connectivity index (χ3v) is 2.11. The van der Waals surface area contributed by atoms with E-state index in [4.69, 9.17) is 5.11 Å². The highest BCUT2D eigenvalue weighted by Crippen LogP contribution is 2.22. The standard InChI is InChI=1S/C11H14FNO2/c1-7(2)5-9(11(14)15)10-4-3-8(12)6-13-10/h3-4,6-7,9H,5H2,1-2H3,(H,14,15). The minimum absolute atomic E-state index is 0.262. The molecule has 1 heterocycles. The van der Waals surface area contributed by atoms with Crippen LogP contribution in [0.1, 0.15) is 31.9 Å². The molecule has 1 rings (SSSR count). The molecule has 0 saturated heterocycles. The Kier molecular flexibility index (Phi) is 3.77. The summed E-state index contributed by atoms with van der Waals surface area (Å²) in [6, 6.07) is 2.66. The van der Waals surface area contributed by atoms with Gasteiger partial charge in [0, 0.05) is 0 Å². The van der Waals surface area contributed by atoms with Gasteiger partial charge >= 0.3 is 5.97 Å². The number of halogens is 1. The zero-order chi connectivity index (χ0) is 11.4. The van der Waals surface area contributed by atoms with Crippen molar-refractivity contribution in [2.45, 2.75) is 26.2 Å². The van der Waals surface area contributed by atoms with Crippen LogP contribution in [-0.2, 0) is 4.79 Å². The number of pyridine rings is 1. The van der Waals surface area contributed by atoms with E-state index in [0.29, 0.717) is 12.1 Å². The van der Waals surface area contributed by atoms with E-state index in [-0.39, 0.29) is 5.92 Å². The summed E-state index contributed by atoms with van der Waals surface area (Å²) in [6.45, 7) is 3.89. The van der Waals surface area contributed by atoms with Crippen LogP contribution in [0.5, 0.6) is 0 Å². The number of carbonyl (C=O) groups is 1. The Bertz CT molecular complexity index is 335. The molecule has 4 heteroatoms. The van der Waals surface area contributed by atoms with Gasteiger partial charge in [-0.05, 0) is 24.5 Å². The minimum atomic E-state index is -0.914. The maximum atomic E-state index is 12.6. The predicted octanol–water partition coefficient (Wildman–Crippen LogP) is 2.44. The van der Waals surface area contributed by atoms with Gasteiger partial charge < -0.3 is 5.11 Å². The zero-order valence-corrected chi connectivity index (χ0v) is 8.77. The summed E-state index contributed by atoms with van der Waals surface area (Å²) in [5.41, 5.74) is 0.414. The molecule has 0 aliphatic carbocycles. The maximum Gasteiger partial charge on any atom is 0.312 e. The number of nitrogens with zero attached hydrogens (tertiary/aromatic N) is 1. The van der Waals surface area contributed by atoms with E-state index in [0.717, 1.165) is 6.20 Å². The number of aromatic nitrogens is 1. The predicted molar refractivity (Wildman–Crippen MR) is 54.0 cm³/mol. The molecule has 1 N–H and O–H groups in total. The Morgan fingerprint density at radius 3 is 2.60 bits per heavy atom. The van der Waals surface area contributed by atoms with E-state index in [1.807, 2.05) is 13.8 Å². The molecule has 0 aliphatic rings. The van der Waals surface area contributed by atoms with E-state index in [9.17, 15) is 9.18 Å². The second kappa shape index (κ2) is 4.87. The molecule has 0 radical (unpaired) electrons. The van der Waals surface area contributed by atoms with Crippen LogP contribution in [0, 0.1) is 11.7 Å². The quantitative estimate of drug-likeness (QED) is 0.832. The molecular weight excluding hydrogens is 197 g/mol. The lowest BCUT2D eigenvalue weighted by Gasteiger charge is -2.13. The fourth-order valence-corrected chi connectivity index (χ4v) is 1.41. The fourth-order valence-electron chi connectivity index (χ4n) is 1.41. The number of hydrogen-bond acceptors (Lipinski definition) is 2. The highest BCUT2D eigenvalue weighted by atomic mass is 19.1. The van der Waals surface area contributed by atoms with Crippen molar-refractivity contribution in [2.24, 2.45) is 5.92 Å². The lowest BCUT2D eigenvalue weighted by atomic mass is 9.94. The monoisotopic (exact) mass is 211 g/mol. The topological polar surface area (TPSA) is 50.2 Å². The summed E-state index contributed by atoms with van der Waals surface area (Å²) >= 11 is 0. The summed E-state index contributed by atoms with van der Waals surface area (Å²) in [6.07, 6.45) is 1.56. The van der Waals surface area contributed by atoms with E-state index in [1.165, 1.54) is 12.1 Å². The molecule has 0 fully saturated rings. The van der Waals surface area contributed by atoms with Crippen LogP contribution < -0.4 is 0 Å². The summed E-state index contributed by atoms with van der Waals surface area (Å²) in [4.78, 5) is 14.8. The highest BCUT2D eigenvalue weighted by molar-refractivity contribution is 5.75. The SMILES string of the molecule is CC(C)CC(C(=O)O)c1ccc(F)cn1. The molecule has 0 aliphatic heterocycles. The Morgan fingerprint density at radius 1 is 1.53 bits per heavy atom. The molecule has 0 bridgehead atoms. The molecular formula is C11H14FNO2. The first-order valence-corrected chi connectivity index (χ1v) is 4.85. The summed E-state index contributed by atoms with van der Waals surface area (Å²) < 4.78 is 12.6. The van der Waals surface area contributed by atoms with Gasteiger partial charge in [-0.2, -0.15) is 0 Å².